The van der Waals surface area contributed by atoms with Gasteiger partial charge in [0, 0.05) is 0 Å². The predicted molar refractivity (Wildman–Crippen MR) is 19.2 cm³/mol. The van der Waals surface area contributed by atoms with E-state index in [1.165, 1.54) is 0 Å². The van der Waals surface area contributed by atoms with Gasteiger partial charge in [-0.2, -0.15) is 0 Å². The Morgan fingerprint density at radius 1 is 1.11 bits per heavy atom. The van der Waals surface area contributed by atoms with E-state index in [-0.39, 0.29) is 0 Å². The SMILES string of the molecule is O=[PH](O)O.[O]=[W](=[O])([OH])[OH]. The van der Waals surface area contributed by atoms with Crippen LogP contribution >= 0.6 is 8.25 Å². The molecule has 0 bridgehead atoms. The van der Waals surface area contributed by atoms with Crippen LogP contribution in [0.2, 0.25) is 0 Å². The van der Waals surface area contributed by atoms with E-state index in [1.807, 2.05) is 0 Å². The first kappa shape index (κ1) is 12.1. The van der Waals surface area contributed by atoms with Crippen molar-refractivity contribution < 1.29 is 45.4 Å². The van der Waals surface area contributed by atoms with Gasteiger partial charge in [-0.05, 0) is 0 Å². The second kappa shape index (κ2) is 5.17. The van der Waals surface area contributed by atoms with Crippen LogP contribution in [-0.4, -0.2) is 17.3 Å². The van der Waals surface area contributed by atoms with Crippen molar-refractivity contribution in [3.8, 4) is 0 Å². The molecule has 0 amide bonds. The molecule has 0 saturated carbocycles. The minimum atomic E-state index is -5.67. The first-order valence-electron chi connectivity index (χ1n) is 1.35. The summed E-state index contributed by atoms with van der Waals surface area (Å²) in [6, 6.07) is 0. The molecule has 0 atom stereocenters. The molecule has 0 rings (SSSR count). The molecule has 7 nitrogen and oxygen atoms in total. The molecule has 4 N–H and O–H groups in total. The average Bonchev–Trinajstić information content (AvgIpc) is 1.19. The molecule has 0 saturated heterocycles. The third kappa shape index (κ3) is 2630. The van der Waals surface area contributed by atoms with E-state index in [0.29, 0.717) is 0 Å². The standard InChI is InChI=1S/H3O3P.2H2O.2O.W/c1-4(2)3;;;;;/h4H,(H2,1,2,3);2*1H2;;;/q;;;;;+2/p-2. The first-order chi connectivity index (χ1) is 3.73. The molecular weight excluding hydrogens is 327 g/mol. The Kier molecular flexibility index (Phi) is 6.93. The zero-order chi connectivity index (χ0) is 8.08. The second-order valence-electron chi connectivity index (χ2n) is 0.730. The van der Waals surface area contributed by atoms with Crippen LogP contribution in [0.1, 0.15) is 0 Å². The van der Waals surface area contributed by atoms with Crippen LogP contribution in [0.3, 0.4) is 0 Å². The summed E-state index contributed by atoms with van der Waals surface area (Å²) < 4.78 is 40.8. The molecule has 0 aliphatic carbocycles. The van der Waals surface area contributed by atoms with Crippen LogP contribution in [0.15, 0.2) is 0 Å². The van der Waals surface area contributed by atoms with Crippen molar-refractivity contribution in [3.63, 3.8) is 0 Å². The third-order valence-electron chi connectivity index (χ3n) is 0. The van der Waals surface area contributed by atoms with E-state index in [4.69, 9.17) is 28.7 Å². The van der Waals surface area contributed by atoms with E-state index >= 15 is 0 Å². The molecule has 0 aromatic rings. The van der Waals surface area contributed by atoms with Gasteiger partial charge in [0.2, 0.25) is 0 Å². The van der Waals surface area contributed by atoms with E-state index in [0.717, 1.165) is 0 Å². The molecule has 0 unspecified atom stereocenters. The molecule has 9 heteroatoms. The summed E-state index contributed by atoms with van der Waals surface area (Å²) >= 11 is -5.67. The topological polar surface area (TPSA) is 132 Å². The monoisotopic (exact) mass is 332 g/mol. The molecule has 0 fully saturated rings. The number of hydrogen-bond acceptors (Lipinski definition) is 3. The minimum absolute atomic E-state index is 3.13. The van der Waals surface area contributed by atoms with E-state index in [2.05, 4.69) is 0 Å². The van der Waals surface area contributed by atoms with Crippen molar-refractivity contribution in [2.45, 2.75) is 0 Å². The van der Waals surface area contributed by atoms with Crippen molar-refractivity contribution in [1.82, 2.24) is 0 Å². The van der Waals surface area contributed by atoms with E-state index in [9.17, 15) is 0 Å². The van der Waals surface area contributed by atoms with Gasteiger partial charge in [-0.1, -0.05) is 0 Å². The van der Waals surface area contributed by atoms with Gasteiger partial charge in [0.05, 0.1) is 0 Å². The Morgan fingerprint density at radius 3 is 1.11 bits per heavy atom. The summed E-state index contributed by atoms with van der Waals surface area (Å²) in [7, 11) is -3.13. The van der Waals surface area contributed by atoms with Crippen molar-refractivity contribution in [2.24, 2.45) is 0 Å². The van der Waals surface area contributed by atoms with Gasteiger partial charge in [0.1, 0.15) is 0 Å². The molecule has 0 radical (unpaired) electrons. The van der Waals surface area contributed by atoms with Crippen LogP contribution < -0.4 is 0 Å². The predicted octanol–water partition coefficient (Wildman–Crippen LogP) is -1.99. The normalized spacial score (nSPS) is 10.3. The maximum atomic E-state index is 8.87. The molecule has 0 aliphatic rings. The Balaban J connectivity index is 0. The van der Waals surface area contributed by atoms with Crippen molar-refractivity contribution in [3.05, 3.63) is 0 Å². The van der Waals surface area contributed by atoms with Crippen LogP contribution in [0.5, 0.6) is 0 Å². The van der Waals surface area contributed by atoms with Crippen molar-refractivity contribution in [2.75, 3.05) is 0 Å². The average molecular weight is 332 g/mol. The number of hydrogen-bond donors (Lipinski definition) is 4. The van der Waals surface area contributed by atoms with Crippen molar-refractivity contribution in [1.29, 1.82) is 0 Å². The third-order valence-corrected chi connectivity index (χ3v) is 0. The Bertz CT molecular complexity index is 151. The van der Waals surface area contributed by atoms with Gasteiger partial charge in [0.25, 0.3) is 0 Å². The molecule has 0 spiro atoms. The molecule has 0 aliphatic heterocycles. The van der Waals surface area contributed by atoms with Crippen LogP contribution in [0, 0.1) is 0 Å². The molecule has 58 valence electrons. The van der Waals surface area contributed by atoms with Gasteiger partial charge in [-0.25, -0.2) is 0 Å². The summed E-state index contributed by atoms with van der Waals surface area (Å²) in [6.07, 6.45) is 0. The van der Waals surface area contributed by atoms with E-state index in [1.54, 1.807) is 0 Å². The molecular formula is H5O7PW. The van der Waals surface area contributed by atoms with Gasteiger partial charge < -0.3 is 9.79 Å². The first-order valence-corrected chi connectivity index (χ1v) is 7.67. The Labute approximate surface area is 54.2 Å². The Hall–Kier alpha value is 0.358. The molecule has 9 heavy (non-hydrogen) atoms. The fraction of sp³-hybridized carbons (Fsp3) is 0. The Morgan fingerprint density at radius 2 is 1.11 bits per heavy atom. The molecule has 0 aromatic carbocycles. The second-order valence-corrected chi connectivity index (χ2v) is 4.51. The van der Waals surface area contributed by atoms with Gasteiger partial charge in [0.15, 0.2) is 0 Å². The van der Waals surface area contributed by atoms with Gasteiger partial charge >= 0.3 is 39.3 Å². The van der Waals surface area contributed by atoms with Gasteiger partial charge in [-0.15, -0.1) is 0 Å². The fourth-order valence-electron chi connectivity index (χ4n) is 0. The van der Waals surface area contributed by atoms with Crippen LogP contribution in [0.4, 0.5) is 0 Å². The summed E-state index contributed by atoms with van der Waals surface area (Å²) in [4.78, 5) is 14.3. The summed E-state index contributed by atoms with van der Waals surface area (Å²) in [6.45, 7) is 0. The van der Waals surface area contributed by atoms with Gasteiger partial charge in [-0.3, -0.25) is 4.57 Å². The summed E-state index contributed by atoms with van der Waals surface area (Å²) in [5, 5.41) is 0. The maximum absolute atomic E-state index is 8.87. The zero-order valence-electron chi connectivity index (χ0n) is 3.92. The molecule has 0 aromatic heterocycles. The van der Waals surface area contributed by atoms with Crippen LogP contribution in [0.25, 0.3) is 0 Å². The van der Waals surface area contributed by atoms with Crippen molar-refractivity contribution >= 4 is 8.25 Å². The fourth-order valence-corrected chi connectivity index (χ4v) is 0. The zero-order valence-corrected chi connectivity index (χ0v) is 7.86. The molecule has 0 heterocycles. The quantitative estimate of drug-likeness (QED) is 0.378. The summed E-state index contributed by atoms with van der Waals surface area (Å²) in [5.41, 5.74) is 0. The van der Waals surface area contributed by atoms with E-state index < -0.39 is 25.0 Å². The summed E-state index contributed by atoms with van der Waals surface area (Å²) in [5.74, 6) is 0. The number of rotatable bonds is 0. The van der Waals surface area contributed by atoms with Crippen LogP contribution in [-0.2, 0) is 28.1 Å².